The molecule has 3 aliphatic rings. The molecule has 7 nitrogen and oxygen atoms in total. The molecule has 3 aromatic rings. The summed E-state index contributed by atoms with van der Waals surface area (Å²) >= 11 is 3.53. The van der Waals surface area contributed by atoms with Gasteiger partial charge in [-0.05, 0) is 65.6 Å². The topological polar surface area (TPSA) is 85.3 Å². The van der Waals surface area contributed by atoms with Gasteiger partial charge < -0.3 is 24.2 Å². The fourth-order valence-electron chi connectivity index (χ4n) is 6.59. The van der Waals surface area contributed by atoms with Crippen molar-refractivity contribution in [2.45, 2.75) is 42.8 Å². The van der Waals surface area contributed by atoms with Crippen molar-refractivity contribution in [2.24, 2.45) is 0 Å². The molecule has 1 aliphatic heterocycles. The highest BCUT2D eigenvalue weighted by atomic mass is 79.9. The predicted molar refractivity (Wildman–Crippen MR) is 153 cm³/mol. The van der Waals surface area contributed by atoms with E-state index in [1.54, 1.807) is 4.90 Å². The first-order chi connectivity index (χ1) is 19.4. The molecule has 0 unspecified atom stereocenters. The molecule has 8 heteroatoms. The number of aliphatic carboxylic acids is 1. The molecule has 0 atom stereocenters. The quantitative estimate of drug-likeness (QED) is 0.353. The third-order valence-electron chi connectivity index (χ3n) is 8.63. The maximum absolute atomic E-state index is 13.3. The summed E-state index contributed by atoms with van der Waals surface area (Å²) in [6.45, 7) is 1.27. The van der Waals surface area contributed by atoms with Crippen molar-refractivity contribution >= 4 is 28.0 Å². The average Bonchev–Trinajstić information content (AvgIpc) is 3.29. The highest BCUT2D eigenvalue weighted by Crippen LogP contribution is 2.47. The van der Waals surface area contributed by atoms with E-state index in [0.29, 0.717) is 45.4 Å². The fraction of sp³-hybridized carbons (Fsp3) is 0.375. The number of carboxylic acid groups (broad SMARTS) is 1. The number of hydrogen-bond donors (Lipinski definition) is 1. The van der Waals surface area contributed by atoms with Gasteiger partial charge in [-0.15, -0.1) is 0 Å². The van der Waals surface area contributed by atoms with Crippen LogP contribution in [-0.4, -0.2) is 60.6 Å². The monoisotopic (exact) mass is 605 g/mol. The Labute approximate surface area is 242 Å². The second-order valence-corrected chi connectivity index (χ2v) is 11.9. The number of amides is 1. The number of carboxylic acids is 1. The molecule has 40 heavy (non-hydrogen) atoms. The largest absolute Gasteiger partial charge is 0.480 e. The molecule has 1 saturated heterocycles. The number of carbonyl (C=O) groups is 2. The first kappa shape index (κ1) is 27.0. The molecular weight excluding hydrogens is 574 g/mol. The first-order valence-corrected chi connectivity index (χ1v) is 14.5. The van der Waals surface area contributed by atoms with E-state index in [2.05, 4.69) is 40.2 Å². The Morgan fingerprint density at radius 1 is 0.950 bits per heavy atom. The summed E-state index contributed by atoms with van der Waals surface area (Å²) in [6.07, 6.45) is 2.15. The van der Waals surface area contributed by atoms with Crippen molar-refractivity contribution in [3.63, 3.8) is 0 Å². The third-order valence-corrected chi connectivity index (χ3v) is 9.13. The molecule has 2 aliphatic carbocycles. The molecule has 2 fully saturated rings. The molecule has 1 saturated carbocycles. The lowest BCUT2D eigenvalue weighted by Gasteiger charge is -2.49. The number of morpholine rings is 1. The molecule has 1 N–H and O–H groups in total. The lowest BCUT2D eigenvalue weighted by Crippen LogP contribution is -2.57. The van der Waals surface area contributed by atoms with Gasteiger partial charge in [-0.3, -0.25) is 0 Å². The molecule has 3 aromatic carbocycles. The standard InChI is InChI=1S/C32H32BrNO6/c33-23-7-5-6-22(18-23)32(40-20-29(35)36)14-12-31(13-15-32)21-34(16-17-39-31)30(37)38-19-28-26-10-3-1-8-24(26)25-9-2-4-11-27(25)28/h1-11,18,28H,12-17,19-21H2,(H,35,36). The van der Waals surface area contributed by atoms with Crippen LogP contribution in [0.4, 0.5) is 4.79 Å². The number of rotatable bonds is 6. The smallest absolute Gasteiger partial charge is 0.409 e. The van der Waals surface area contributed by atoms with Crippen LogP contribution < -0.4 is 0 Å². The van der Waals surface area contributed by atoms with Gasteiger partial charge in [-0.2, -0.15) is 0 Å². The second kappa shape index (κ2) is 11.0. The lowest BCUT2D eigenvalue weighted by molar-refractivity contribution is -0.176. The van der Waals surface area contributed by atoms with E-state index in [4.69, 9.17) is 14.2 Å². The van der Waals surface area contributed by atoms with E-state index in [-0.39, 0.29) is 25.2 Å². The van der Waals surface area contributed by atoms with Crippen molar-refractivity contribution in [1.82, 2.24) is 4.90 Å². The van der Waals surface area contributed by atoms with E-state index in [1.807, 2.05) is 48.5 Å². The van der Waals surface area contributed by atoms with Crippen molar-refractivity contribution < 1.29 is 28.9 Å². The van der Waals surface area contributed by atoms with E-state index >= 15 is 0 Å². The molecule has 0 bridgehead atoms. The SMILES string of the molecule is O=C(O)COC1(c2cccc(Br)c2)CCC2(CC1)CN(C(=O)OCC1c3ccccc3-c3ccccc31)CCO2. The third kappa shape index (κ3) is 5.16. The molecule has 1 spiro atoms. The van der Waals surface area contributed by atoms with Crippen molar-refractivity contribution in [3.05, 3.63) is 94.0 Å². The van der Waals surface area contributed by atoms with Gasteiger partial charge in [0.05, 0.1) is 24.4 Å². The molecule has 208 valence electrons. The van der Waals surface area contributed by atoms with E-state index in [9.17, 15) is 14.7 Å². The molecule has 6 rings (SSSR count). The highest BCUT2D eigenvalue weighted by molar-refractivity contribution is 9.10. The molecule has 0 radical (unpaired) electrons. The van der Waals surface area contributed by atoms with Crippen LogP contribution in [0.15, 0.2) is 77.3 Å². The normalized spacial score (nSPS) is 24.0. The summed E-state index contributed by atoms with van der Waals surface area (Å²) in [5, 5.41) is 9.32. The van der Waals surface area contributed by atoms with Crippen LogP contribution in [-0.2, 0) is 24.6 Å². The minimum absolute atomic E-state index is 0.0122. The number of fused-ring (bicyclic) bond motifs is 3. The number of halogens is 1. The average molecular weight is 607 g/mol. The first-order valence-electron chi connectivity index (χ1n) is 13.7. The van der Waals surface area contributed by atoms with Gasteiger partial charge in [0.25, 0.3) is 0 Å². The summed E-state index contributed by atoms with van der Waals surface area (Å²) in [4.78, 5) is 26.5. The minimum Gasteiger partial charge on any atom is -0.480 e. The Morgan fingerprint density at radius 3 is 2.27 bits per heavy atom. The number of ether oxygens (including phenoxy) is 3. The van der Waals surface area contributed by atoms with Crippen LogP contribution in [0.1, 0.15) is 48.3 Å². The van der Waals surface area contributed by atoms with Crippen LogP contribution in [0.25, 0.3) is 11.1 Å². The van der Waals surface area contributed by atoms with Crippen molar-refractivity contribution in [2.75, 3.05) is 32.9 Å². The molecule has 0 aromatic heterocycles. The van der Waals surface area contributed by atoms with Crippen molar-refractivity contribution in [1.29, 1.82) is 0 Å². The van der Waals surface area contributed by atoms with Gasteiger partial charge in [-0.1, -0.05) is 76.6 Å². The Morgan fingerprint density at radius 2 is 1.62 bits per heavy atom. The number of benzene rings is 3. The van der Waals surface area contributed by atoms with Crippen LogP contribution in [0, 0.1) is 0 Å². The zero-order valence-corrected chi connectivity index (χ0v) is 23.8. The van der Waals surface area contributed by atoms with Gasteiger partial charge in [0.2, 0.25) is 0 Å². The van der Waals surface area contributed by atoms with Crippen LogP contribution in [0.2, 0.25) is 0 Å². The Hall–Kier alpha value is -3.20. The van der Waals surface area contributed by atoms with E-state index < -0.39 is 17.2 Å². The van der Waals surface area contributed by atoms with Crippen molar-refractivity contribution in [3.8, 4) is 11.1 Å². The molecule has 1 amide bonds. The van der Waals surface area contributed by atoms with Gasteiger partial charge in [0, 0.05) is 16.9 Å². The van der Waals surface area contributed by atoms with Crippen LogP contribution in [0.5, 0.6) is 0 Å². The van der Waals surface area contributed by atoms with Gasteiger partial charge in [0.15, 0.2) is 0 Å². The summed E-state index contributed by atoms with van der Waals surface area (Å²) in [6, 6.07) is 24.5. The molecular formula is C32H32BrNO6. The maximum atomic E-state index is 13.3. The fourth-order valence-corrected chi connectivity index (χ4v) is 6.99. The number of nitrogens with zero attached hydrogens (tertiary/aromatic N) is 1. The van der Waals surface area contributed by atoms with Crippen LogP contribution in [0.3, 0.4) is 0 Å². The van der Waals surface area contributed by atoms with Gasteiger partial charge >= 0.3 is 12.1 Å². The predicted octanol–water partition coefficient (Wildman–Crippen LogP) is 6.34. The zero-order valence-electron chi connectivity index (χ0n) is 22.2. The lowest BCUT2D eigenvalue weighted by atomic mass is 9.72. The summed E-state index contributed by atoms with van der Waals surface area (Å²) in [5.74, 6) is -0.983. The number of carbonyl (C=O) groups excluding carboxylic acids is 1. The zero-order chi connectivity index (χ0) is 27.7. The molecule has 1 heterocycles. The Bertz CT molecular complexity index is 1370. The summed E-state index contributed by atoms with van der Waals surface area (Å²) in [5.41, 5.74) is 4.49. The van der Waals surface area contributed by atoms with Gasteiger partial charge in [-0.25, -0.2) is 9.59 Å². The van der Waals surface area contributed by atoms with E-state index in [1.165, 1.54) is 22.3 Å². The van der Waals surface area contributed by atoms with Gasteiger partial charge in [0.1, 0.15) is 13.2 Å². The van der Waals surface area contributed by atoms with Crippen LogP contribution >= 0.6 is 15.9 Å². The Kier molecular flexibility index (Phi) is 7.42. The van der Waals surface area contributed by atoms with E-state index in [0.717, 1.165) is 10.0 Å². The maximum Gasteiger partial charge on any atom is 0.409 e. The second-order valence-electron chi connectivity index (χ2n) is 10.9. The summed E-state index contributed by atoms with van der Waals surface area (Å²) < 4.78 is 19.2. The minimum atomic E-state index is -0.995. The number of hydrogen-bond acceptors (Lipinski definition) is 5. The summed E-state index contributed by atoms with van der Waals surface area (Å²) in [7, 11) is 0. The Balaban J connectivity index is 1.13. The highest BCUT2D eigenvalue weighted by Gasteiger charge is 2.48.